The van der Waals surface area contributed by atoms with E-state index in [9.17, 15) is 13.2 Å². The number of rotatable bonds is 5. The van der Waals surface area contributed by atoms with Crippen LogP contribution in [0.2, 0.25) is 5.02 Å². The van der Waals surface area contributed by atoms with Crippen LogP contribution in [0.3, 0.4) is 0 Å². The average molecular weight is 334 g/mol. The molecule has 1 atom stereocenters. The van der Waals surface area contributed by atoms with Crippen LogP contribution in [0, 0.1) is 12.8 Å². The van der Waals surface area contributed by atoms with Crippen molar-refractivity contribution in [3.63, 3.8) is 0 Å². The summed E-state index contributed by atoms with van der Waals surface area (Å²) in [6.45, 7) is 7.35. The van der Waals surface area contributed by atoms with E-state index in [-0.39, 0.29) is 21.6 Å². The van der Waals surface area contributed by atoms with E-state index in [1.807, 2.05) is 13.8 Å². The molecule has 0 saturated heterocycles. The second kappa shape index (κ2) is 6.77. The Labute approximate surface area is 130 Å². The molecule has 0 spiro atoms. The van der Waals surface area contributed by atoms with Crippen LogP contribution in [0.15, 0.2) is 17.0 Å². The van der Waals surface area contributed by atoms with Gasteiger partial charge in [-0.3, -0.25) is 0 Å². The number of ether oxygens (including phenoxy) is 1. The fourth-order valence-corrected chi connectivity index (χ4v) is 3.13. The van der Waals surface area contributed by atoms with E-state index in [0.717, 1.165) is 0 Å². The van der Waals surface area contributed by atoms with Crippen molar-refractivity contribution < 1.29 is 17.9 Å². The molecule has 0 fully saturated rings. The highest BCUT2D eigenvalue weighted by Gasteiger charge is 2.20. The minimum atomic E-state index is -3.95. The van der Waals surface area contributed by atoms with Gasteiger partial charge in [0.1, 0.15) is 0 Å². The van der Waals surface area contributed by atoms with Gasteiger partial charge in [-0.05, 0) is 43.9 Å². The summed E-state index contributed by atoms with van der Waals surface area (Å²) in [5.41, 5.74) is 0.385. The number of carbonyl (C=O) groups excluding carboxylic acids is 1. The van der Waals surface area contributed by atoms with Gasteiger partial charge >= 0.3 is 5.97 Å². The molecule has 0 radical (unpaired) electrons. The SMILES string of the molecule is Cc1c(Cl)cc(C(=O)OC(C)CC(C)C)cc1S(N)(=O)=O. The number of primary sulfonamides is 1. The zero-order valence-corrected chi connectivity index (χ0v) is 14.1. The third-order valence-corrected chi connectivity index (χ3v) is 4.38. The Morgan fingerprint density at radius 2 is 1.90 bits per heavy atom. The maximum absolute atomic E-state index is 12.1. The number of hydrogen-bond donors (Lipinski definition) is 1. The molecular weight excluding hydrogens is 314 g/mol. The monoisotopic (exact) mass is 333 g/mol. The third-order valence-electron chi connectivity index (χ3n) is 2.95. The zero-order chi connectivity index (χ0) is 16.4. The summed E-state index contributed by atoms with van der Waals surface area (Å²) < 4.78 is 28.3. The van der Waals surface area contributed by atoms with Gasteiger partial charge in [0.15, 0.2) is 0 Å². The fourth-order valence-electron chi connectivity index (χ4n) is 2.03. The molecule has 7 heteroatoms. The van der Waals surface area contributed by atoms with Gasteiger partial charge in [0.05, 0.1) is 16.6 Å². The molecule has 0 saturated carbocycles. The van der Waals surface area contributed by atoms with Crippen LogP contribution in [-0.4, -0.2) is 20.5 Å². The molecule has 2 N–H and O–H groups in total. The highest BCUT2D eigenvalue weighted by molar-refractivity contribution is 7.89. The van der Waals surface area contributed by atoms with E-state index in [1.165, 1.54) is 19.1 Å². The molecule has 0 aliphatic heterocycles. The van der Waals surface area contributed by atoms with Crippen LogP contribution in [-0.2, 0) is 14.8 Å². The van der Waals surface area contributed by atoms with Gasteiger partial charge in [-0.25, -0.2) is 18.4 Å². The Morgan fingerprint density at radius 3 is 2.38 bits per heavy atom. The van der Waals surface area contributed by atoms with Crippen molar-refractivity contribution in [2.24, 2.45) is 11.1 Å². The first-order valence-electron chi connectivity index (χ1n) is 6.56. The van der Waals surface area contributed by atoms with E-state index >= 15 is 0 Å². The van der Waals surface area contributed by atoms with Crippen LogP contribution >= 0.6 is 11.6 Å². The molecule has 118 valence electrons. The lowest BCUT2D eigenvalue weighted by molar-refractivity contribution is 0.0299. The van der Waals surface area contributed by atoms with Crippen molar-refractivity contribution in [1.29, 1.82) is 0 Å². The first-order valence-corrected chi connectivity index (χ1v) is 8.48. The lowest BCUT2D eigenvalue weighted by Gasteiger charge is -2.16. The summed E-state index contributed by atoms with van der Waals surface area (Å²) in [5, 5.41) is 5.28. The highest BCUT2D eigenvalue weighted by atomic mass is 35.5. The Balaban J connectivity index is 3.09. The van der Waals surface area contributed by atoms with Crippen molar-refractivity contribution in [2.45, 2.75) is 45.1 Å². The molecule has 0 aromatic heterocycles. The fraction of sp³-hybridized carbons (Fsp3) is 0.500. The second-order valence-electron chi connectivity index (χ2n) is 5.47. The third kappa shape index (κ3) is 4.98. The van der Waals surface area contributed by atoms with Crippen molar-refractivity contribution >= 4 is 27.6 Å². The van der Waals surface area contributed by atoms with Crippen molar-refractivity contribution in [2.75, 3.05) is 0 Å². The smallest absolute Gasteiger partial charge is 0.338 e. The van der Waals surface area contributed by atoms with Gasteiger partial charge in [0.25, 0.3) is 0 Å². The number of sulfonamides is 1. The summed E-state index contributed by atoms with van der Waals surface area (Å²) in [5.74, 6) is -0.232. The molecule has 1 unspecified atom stereocenters. The standard InChI is InChI=1S/C14H20ClNO4S/c1-8(2)5-9(3)20-14(17)11-6-12(15)10(4)13(7-11)21(16,18)19/h6-9H,5H2,1-4H3,(H2,16,18,19). The van der Waals surface area contributed by atoms with Crippen LogP contribution in [0.25, 0.3) is 0 Å². The number of carbonyl (C=O) groups is 1. The first-order chi connectivity index (χ1) is 9.52. The van der Waals surface area contributed by atoms with E-state index < -0.39 is 16.0 Å². The van der Waals surface area contributed by atoms with E-state index in [4.69, 9.17) is 21.5 Å². The van der Waals surface area contributed by atoms with E-state index in [1.54, 1.807) is 6.92 Å². The van der Waals surface area contributed by atoms with Crippen LogP contribution < -0.4 is 5.14 Å². The first kappa shape index (κ1) is 17.9. The summed E-state index contributed by atoms with van der Waals surface area (Å²) in [7, 11) is -3.95. The predicted molar refractivity (Wildman–Crippen MR) is 81.9 cm³/mol. The average Bonchev–Trinajstić information content (AvgIpc) is 2.29. The molecule has 0 heterocycles. The van der Waals surface area contributed by atoms with Gasteiger partial charge in [0.2, 0.25) is 10.0 Å². The summed E-state index contributed by atoms with van der Waals surface area (Å²) >= 11 is 5.96. The van der Waals surface area contributed by atoms with Crippen LogP contribution in [0.5, 0.6) is 0 Å². The molecule has 21 heavy (non-hydrogen) atoms. The molecule has 0 bridgehead atoms. The van der Waals surface area contributed by atoms with Gasteiger partial charge < -0.3 is 4.74 Å². The summed E-state index contributed by atoms with van der Waals surface area (Å²) in [6, 6.07) is 2.58. The van der Waals surface area contributed by atoms with Gasteiger partial charge in [-0.1, -0.05) is 25.4 Å². The summed E-state index contributed by atoms with van der Waals surface area (Å²) in [6.07, 6.45) is 0.448. The molecule has 1 aromatic rings. The van der Waals surface area contributed by atoms with Crippen LogP contribution in [0.1, 0.15) is 43.1 Å². The largest absolute Gasteiger partial charge is 0.459 e. The van der Waals surface area contributed by atoms with E-state index in [2.05, 4.69) is 0 Å². The number of halogens is 1. The number of benzene rings is 1. The molecule has 0 aliphatic carbocycles. The van der Waals surface area contributed by atoms with Crippen LogP contribution in [0.4, 0.5) is 0 Å². The molecule has 1 rings (SSSR count). The Kier molecular flexibility index (Phi) is 5.78. The van der Waals surface area contributed by atoms with E-state index in [0.29, 0.717) is 17.9 Å². The molecule has 0 amide bonds. The molecule has 1 aromatic carbocycles. The molecule has 0 aliphatic rings. The Hall–Kier alpha value is -1.11. The van der Waals surface area contributed by atoms with Gasteiger partial charge in [-0.2, -0.15) is 0 Å². The quantitative estimate of drug-likeness (QED) is 0.839. The van der Waals surface area contributed by atoms with Crippen molar-refractivity contribution in [1.82, 2.24) is 0 Å². The normalized spacial score (nSPS) is 13.3. The highest BCUT2D eigenvalue weighted by Crippen LogP contribution is 2.25. The zero-order valence-electron chi connectivity index (χ0n) is 12.5. The van der Waals surface area contributed by atoms with Gasteiger partial charge in [0, 0.05) is 5.02 Å². The van der Waals surface area contributed by atoms with Crippen molar-refractivity contribution in [3.8, 4) is 0 Å². The minimum absolute atomic E-state index is 0.0743. The maximum atomic E-state index is 12.1. The van der Waals surface area contributed by atoms with Gasteiger partial charge in [-0.15, -0.1) is 0 Å². The number of esters is 1. The minimum Gasteiger partial charge on any atom is -0.459 e. The topological polar surface area (TPSA) is 86.5 Å². The second-order valence-corrected chi connectivity index (χ2v) is 7.41. The Morgan fingerprint density at radius 1 is 1.33 bits per heavy atom. The molecule has 5 nitrogen and oxygen atoms in total. The van der Waals surface area contributed by atoms with Crippen molar-refractivity contribution in [3.05, 3.63) is 28.3 Å². The Bertz CT molecular complexity index is 641. The lowest BCUT2D eigenvalue weighted by atomic mass is 10.1. The number of hydrogen-bond acceptors (Lipinski definition) is 4. The molecular formula is C14H20ClNO4S. The lowest BCUT2D eigenvalue weighted by Crippen LogP contribution is -2.19. The number of nitrogens with two attached hydrogens (primary N) is 1. The maximum Gasteiger partial charge on any atom is 0.338 e. The summed E-state index contributed by atoms with van der Waals surface area (Å²) in [4.78, 5) is 11.9. The predicted octanol–water partition coefficient (Wildman–Crippen LogP) is 2.89.